The minimum atomic E-state index is -0.380. The lowest BCUT2D eigenvalue weighted by atomic mass is 9.89. The Morgan fingerprint density at radius 2 is 1.97 bits per heavy atom. The molecule has 6 heteroatoms. The van der Waals surface area contributed by atoms with E-state index < -0.39 is 0 Å². The van der Waals surface area contributed by atoms with E-state index in [0.717, 1.165) is 12.0 Å². The molecule has 0 fully saturated rings. The predicted molar refractivity (Wildman–Crippen MR) is 111 cm³/mol. The maximum absolute atomic E-state index is 13.2. The molecule has 0 N–H and O–H groups in total. The Morgan fingerprint density at radius 1 is 1.17 bits per heavy atom. The fraction of sp³-hybridized carbons (Fsp3) is 0.348. The van der Waals surface area contributed by atoms with Crippen LogP contribution in [0.5, 0.6) is 5.75 Å². The van der Waals surface area contributed by atoms with E-state index in [4.69, 9.17) is 9.47 Å². The number of esters is 1. The Morgan fingerprint density at radius 3 is 2.66 bits per heavy atom. The number of Topliss-reactive ketones (excluding diaryl/α,β-unsaturated/α-hetero) is 1. The molecular formula is C23H26N2O4. The summed E-state index contributed by atoms with van der Waals surface area (Å²) in [7, 11) is 1.36. The number of pyridine rings is 1. The van der Waals surface area contributed by atoms with Crippen LogP contribution in [0.2, 0.25) is 0 Å². The van der Waals surface area contributed by atoms with Crippen LogP contribution < -0.4 is 4.74 Å². The molecule has 29 heavy (non-hydrogen) atoms. The number of ketones is 1. The number of methoxy groups -OCH3 is 1. The number of imidazole rings is 1. The molecule has 2 aromatic heterocycles. The van der Waals surface area contributed by atoms with E-state index in [2.05, 4.69) is 4.98 Å². The van der Waals surface area contributed by atoms with Crippen LogP contribution in [-0.2, 0) is 4.74 Å². The van der Waals surface area contributed by atoms with E-state index in [0.29, 0.717) is 41.4 Å². The average Bonchev–Trinajstić information content (AvgIpc) is 3.08. The van der Waals surface area contributed by atoms with Crippen molar-refractivity contribution in [3.05, 3.63) is 65.1 Å². The zero-order valence-electron chi connectivity index (χ0n) is 17.3. The molecule has 0 saturated carbocycles. The third-order valence-corrected chi connectivity index (χ3v) is 5.06. The quantitative estimate of drug-likeness (QED) is 0.413. The minimum absolute atomic E-state index is 0.00729. The normalized spacial score (nSPS) is 12.0. The van der Waals surface area contributed by atoms with Crippen molar-refractivity contribution in [1.29, 1.82) is 0 Å². The summed E-state index contributed by atoms with van der Waals surface area (Å²) in [6.45, 7) is 6.33. The highest BCUT2D eigenvalue weighted by atomic mass is 16.5. The number of aromatic nitrogens is 2. The van der Waals surface area contributed by atoms with E-state index in [9.17, 15) is 9.59 Å². The van der Waals surface area contributed by atoms with Gasteiger partial charge in [-0.05, 0) is 56.0 Å². The number of carbonyl (C=O) groups is 2. The van der Waals surface area contributed by atoms with Gasteiger partial charge in [0.2, 0.25) is 0 Å². The predicted octanol–water partition coefficient (Wildman–Crippen LogP) is 4.59. The Hall–Kier alpha value is -3.15. The molecule has 3 aromatic rings. The summed E-state index contributed by atoms with van der Waals surface area (Å²) in [6, 6.07) is 11.0. The number of fused-ring (bicyclic) bond motifs is 1. The zero-order valence-corrected chi connectivity index (χ0v) is 17.3. The summed E-state index contributed by atoms with van der Waals surface area (Å²) >= 11 is 0. The fourth-order valence-corrected chi connectivity index (χ4v) is 3.62. The van der Waals surface area contributed by atoms with Crippen LogP contribution in [0.4, 0.5) is 0 Å². The third kappa shape index (κ3) is 4.16. The van der Waals surface area contributed by atoms with E-state index in [1.54, 1.807) is 10.5 Å². The van der Waals surface area contributed by atoms with Gasteiger partial charge in [0.05, 0.1) is 25.0 Å². The van der Waals surface area contributed by atoms with Crippen LogP contribution in [0.25, 0.3) is 5.65 Å². The third-order valence-electron chi connectivity index (χ3n) is 5.06. The Bertz CT molecular complexity index is 1040. The van der Waals surface area contributed by atoms with E-state index in [1.807, 2.05) is 57.3 Å². The minimum Gasteiger partial charge on any atom is -0.490 e. The van der Waals surface area contributed by atoms with Crippen LogP contribution in [0.1, 0.15) is 64.7 Å². The lowest BCUT2D eigenvalue weighted by molar-refractivity contribution is 0.0600. The second kappa shape index (κ2) is 8.90. The van der Waals surface area contributed by atoms with Crippen LogP contribution in [0.3, 0.4) is 0 Å². The number of aryl methyl sites for hydroxylation is 1. The number of rotatable bonds is 8. The van der Waals surface area contributed by atoms with Crippen LogP contribution >= 0.6 is 0 Å². The van der Waals surface area contributed by atoms with Crippen molar-refractivity contribution < 1.29 is 19.1 Å². The van der Waals surface area contributed by atoms with Crippen molar-refractivity contribution in [2.45, 2.75) is 39.5 Å². The summed E-state index contributed by atoms with van der Waals surface area (Å²) in [4.78, 5) is 29.6. The average molecular weight is 394 g/mol. The van der Waals surface area contributed by atoms with Gasteiger partial charge in [0.1, 0.15) is 5.69 Å². The van der Waals surface area contributed by atoms with E-state index in [1.165, 1.54) is 7.11 Å². The second-order valence-corrected chi connectivity index (χ2v) is 6.89. The Balaban J connectivity index is 1.92. The van der Waals surface area contributed by atoms with Crippen molar-refractivity contribution in [3.8, 4) is 5.75 Å². The molecule has 0 aliphatic carbocycles. The maximum atomic E-state index is 13.2. The lowest BCUT2D eigenvalue weighted by Gasteiger charge is -2.16. The van der Waals surface area contributed by atoms with Gasteiger partial charge in [0.25, 0.3) is 0 Å². The Kier molecular flexibility index (Phi) is 6.32. The standard InChI is InChI=1S/C23H26N2O4/c1-5-16(17-9-7-10-18(13-17)23(27)28-4)14-19(26)21-15(3)24-22-20(29-6-2)11-8-12-25(21)22/h7-13,16H,5-6,14H2,1-4H3/t16-/m1/s1. The molecule has 3 rings (SSSR count). The zero-order chi connectivity index (χ0) is 21.0. The summed E-state index contributed by atoms with van der Waals surface area (Å²) < 4.78 is 12.3. The molecule has 0 saturated heterocycles. The highest BCUT2D eigenvalue weighted by molar-refractivity contribution is 5.97. The van der Waals surface area contributed by atoms with Crippen LogP contribution in [0, 0.1) is 6.92 Å². The van der Waals surface area contributed by atoms with Crippen molar-refractivity contribution >= 4 is 17.4 Å². The first-order chi connectivity index (χ1) is 14.0. The highest BCUT2D eigenvalue weighted by Gasteiger charge is 2.23. The maximum Gasteiger partial charge on any atom is 0.337 e. The lowest BCUT2D eigenvalue weighted by Crippen LogP contribution is -2.11. The molecule has 0 unspecified atom stereocenters. The second-order valence-electron chi connectivity index (χ2n) is 6.89. The van der Waals surface area contributed by atoms with E-state index in [-0.39, 0.29) is 17.7 Å². The summed E-state index contributed by atoms with van der Waals surface area (Å²) in [5.41, 5.74) is 3.34. The molecule has 0 radical (unpaired) electrons. The van der Waals surface area contributed by atoms with Gasteiger partial charge in [-0.15, -0.1) is 0 Å². The van der Waals surface area contributed by atoms with Crippen LogP contribution in [0.15, 0.2) is 42.6 Å². The van der Waals surface area contributed by atoms with Crippen LogP contribution in [-0.4, -0.2) is 34.9 Å². The molecule has 1 aromatic carbocycles. The molecule has 152 valence electrons. The van der Waals surface area contributed by atoms with Crippen molar-refractivity contribution in [2.75, 3.05) is 13.7 Å². The number of ether oxygens (including phenoxy) is 2. The molecule has 0 spiro atoms. The van der Waals surface area contributed by atoms with Gasteiger partial charge in [-0.25, -0.2) is 9.78 Å². The van der Waals surface area contributed by atoms with Crippen molar-refractivity contribution in [2.24, 2.45) is 0 Å². The SMILES string of the molecule is CCOc1cccn2c(C(=O)C[C@@H](CC)c3cccc(C(=O)OC)c3)c(C)nc12. The smallest absolute Gasteiger partial charge is 0.337 e. The van der Waals surface area contributed by atoms with Gasteiger partial charge < -0.3 is 9.47 Å². The summed E-state index contributed by atoms with van der Waals surface area (Å²) in [6.07, 6.45) is 2.94. The van der Waals surface area contributed by atoms with Crippen molar-refractivity contribution in [3.63, 3.8) is 0 Å². The molecule has 0 bridgehead atoms. The van der Waals surface area contributed by atoms with Gasteiger partial charge in [-0.2, -0.15) is 0 Å². The summed E-state index contributed by atoms with van der Waals surface area (Å²) in [5, 5.41) is 0. The first-order valence-corrected chi connectivity index (χ1v) is 9.82. The first-order valence-electron chi connectivity index (χ1n) is 9.82. The van der Waals surface area contributed by atoms with Gasteiger partial charge in [0.15, 0.2) is 17.2 Å². The number of carbonyl (C=O) groups excluding carboxylic acids is 2. The van der Waals surface area contributed by atoms with Crippen molar-refractivity contribution in [1.82, 2.24) is 9.38 Å². The topological polar surface area (TPSA) is 69.9 Å². The molecule has 6 nitrogen and oxygen atoms in total. The number of benzene rings is 1. The molecule has 1 atom stereocenters. The van der Waals surface area contributed by atoms with Gasteiger partial charge in [-0.3, -0.25) is 9.20 Å². The monoisotopic (exact) mass is 394 g/mol. The van der Waals surface area contributed by atoms with E-state index >= 15 is 0 Å². The fourth-order valence-electron chi connectivity index (χ4n) is 3.62. The van der Waals surface area contributed by atoms with Gasteiger partial charge in [0, 0.05) is 12.6 Å². The Labute approximate surface area is 170 Å². The molecule has 2 heterocycles. The number of hydrogen-bond acceptors (Lipinski definition) is 5. The van der Waals surface area contributed by atoms with Gasteiger partial charge in [-0.1, -0.05) is 19.1 Å². The first kappa shape index (κ1) is 20.6. The highest BCUT2D eigenvalue weighted by Crippen LogP contribution is 2.28. The van der Waals surface area contributed by atoms with Gasteiger partial charge >= 0.3 is 5.97 Å². The largest absolute Gasteiger partial charge is 0.490 e. The number of hydrogen-bond donors (Lipinski definition) is 0. The molecule has 0 amide bonds. The molecule has 0 aliphatic rings. The molecule has 0 aliphatic heterocycles. The number of nitrogens with zero attached hydrogens (tertiary/aromatic N) is 2. The molecular weight excluding hydrogens is 368 g/mol. The summed E-state index contributed by atoms with van der Waals surface area (Å²) in [5.74, 6) is 0.287.